The highest BCUT2D eigenvalue weighted by atomic mass is 35.5. The van der Waals surface area contributed by atoms with Crippen molar-refractivity contribution in [3.05, 3.63) is 63.1 Å². The van der Waals surface area contributed by atoms with E-state index in [0.717, 1.165) is 23.4 Å². The van der Waals surface area contributed by atoms with Crippen molar-refractivity contribution in [3.63, 3.8) is 0 Å². The van der Waals surface area contributed by atoms with E-state index in [9.17, 15) is 18.0 Å². The molecule has 2 amide bonds. The number of halogens is 3. The quantitative estimate of drug-likeness (QED) is 0.363. The number of carbonyl (C=O) groups is 2. The molecule has 11 heteroatoms. The summed E-state index contributed by atoms with van der Waals surface area (Å²) in [4.78, 5) is 28.0. The van der Waals surface area contributed by atoms with Gasteiger partial charge in [0.25, 0.3) is 0 Å². The lowest BCUT2D eigenvalue weighted by molar-refractivity contribution is -0.140. The maximum absolute atomic E-state index is 13.6. The molecule has 0 radical (unpaired) electrons. The van der Waals surface area contributed by atoms with Gasteiger partial charge >= 0.3 is 0 Å². The largest absolute Gasteiger partial charge is 0.354 e. The molecule has 0 fully saturated rings. The van der Waals surface area contributed by atoms with Gasteiger partial charge in [0.1, 0.15) is 12.6 Å². The lowest BCUT2D eigenvalue weighted by atomic mass is 10.1. The Labute approximate surface area is 222 Å². The van der Waals surface area contributed by atoms with E-state index in [1.165, 1.54) is 29.2 Å². The van der Waals surface area contributed by atoms with Crippen LogP contribution in [-0.2, 0) is 26.2 Å². The van der Waals surface area contributed by atoms with E-state index < -0.39 is 28.5 Å². The fraction of sp³-hybridized carbons (Fsp3) is 0.417. The normalized spacial score (nSPS) is 12.2. The minimum absolute atomic E-state index is 0.0603. The van der Waals surface area contributed by atoms with Crippen LogP contribution in [0.5, 0.6) is 0 Å². The molecule has 0 unspecified atom stereocenters. The molecule has 0 saturated carbocycles. The van der Waals surface area contributed by atoms with E-state index in [1.54, 1.807) is 25.1 Å². The molecular formula is C24H30Cl3N3O4S. The van der Waals surface area contributed by atoms with Crippen molar-refractivity contribution in [2.24, 2.45) is 0 Å². The number of carbonyl (C=O) groups excluding carboxylic acids is 2. The summed E-state index contributed by atoms with van der Waals surface area (Å²) in [6.07, 6.45) is 3.02. The fourth-order valence-electron chi connectivity index (χ4n) is 3.50. The molecule has 1 N–H and O–H groups in total. The Balaban J connectivity index is 2.45. The van der Waals surface area contributed by atoms with Gasteiger partial charge in [-0.3, -0.25) is 13.9 Å². The van der Waals surface area contributed by atoms with Gasteiger partial charge in [-0.25, -0.2) is 8.42 Å². The summed E-state index contributed by atoms with van der Waals surface area (Å²) in [5.74, 6) is -0.895. The Morgan fingerprint density at radius 1 is 1.00 bits per heavy atom. The zero-order valence-electron chi connectivity index (χ0n) is 19.9. The summed E-state index contributed by atoms with van der Waals surface area (Å²) >= 11 is 18.7. The monoisotopic (exact) mass is 561 g/mol. The van der Waals surface area contributed by atoms with Crippen LogP contribution >= 0.6 is 34.8 Å². The second-order valence-electron chi connectivity index (χ2n) is 8.04. The molecule has 1 atom stereocenters. The first-order valence-electron chi connectivity index (χ1n) is 11.2. The van der Waals surface area contributed by atoms with E-state index in [4.69, 9.17) is 34.8 Å². The molecule has 2 aromatic rings. The third kappa shape index (κ3) is 8.27. The summed E-state index contributed by atoms with van der Waals surface area (Å²) in [5.41, 5.74) is 0.753. The van der Waals surface area contributed by atoms with Gasteiger partial charge in [0, 0.05) is 33.7 Å². The van der Waals surface area contributed by atoms with Crippen LogP contribution in [0.4, 0.5) is 5.69 Å². The van der Waals surface area contributed by atoms with E-state index in [1.807, 2.05) is 6.92 Å². The molecule has 0 heterocycles. The number of nitrogens with one attached hydrogen (secondary N) is 1. The van der Waals surface area contributed by atoms with Crippen LogP contribution in [0.2, 0.25) is 15.1 Å². The number of nitrogens with zero attached hydrogens (tertiary/aromatic N) is 2. The molecular weight excluding hydrogens is 533 g/mol. The molecule has 0 bridgehead atoms. The number of anilines is 1. The van der Waals surface area contributed by atoms with E-state index in [2.05, 4.69) is 5.32 Å². The number of amides is 2. The van der Waals surface area contributed by atoms with Crippen molar-refractivity contribution in [2.45, 2.75) is 45.7 Å². The van der Waals surface area contributed by atoms with Crippen LogP contribution in [0.3, 0.4) is 0 Å². The standard InChI is InChI=1S/C24H30Cl3N3O4S/c1-4-6-14-28-24(32)22(5-2)29(15-19-20(26)8-7-9-21(19)27)23(31)16-30(35(3,33)34)18-12-10-17(25)11-13-18/h7-13,22H,4-6,14-16H2,1-3H3,(H,28,32)/t22-/m0/s1. The topological polar surface area (TPSA) is 86.8 Å². The number of unbranched alkanes of at least 4 members (excludes halogenated alkanes) is 1. The van der Waals surface area contributed by atoms with Crippen LogP contribution in [0.15, 0.2) is 42.5 Å². The summed E-state index contributed by atoms with van der Waals surface area (Å²) in [7, 11) is -3.83. The highest BCUT2D eigenvalue weighted by Crippen LogP contribution is 2.28. The number of rotatable bonds is 12. The SMILES string of the molecule is CCCCNC(=O)[C@H](CC)N(Cc1c(Cl)cccc1Cl)C(=O)CN(c1ccc(Cl)cc1)S(C)(=O)=O. The molecule has 7 nitrogen and oxygen atoms in total. The molecule has 0 aliphatic carbocycles. The second-order valence-corrected chi connectivity index (χ2v) is 11.2. The van der Waals surface area contributed by atoms with Crippen molar-refractivity contribution < 1.29 is 18.0 Å². The third-order valence-electron chi connectivity index (χ3n) is 5.40. The average Bonchev–Trinajstić information content (AvgIpc) is 2.79. The number of benzene rings is 2. The molecule has 0 aliphatic rings. The molecule has 2 aromatic carbocycles. The summed E-state index contributed by atoms with van der Waals surface area (Å²) < 4.78 is 26.2. The van der Waals surface area contributed by atoms with E-state index in [-0.39, 0.29) is 18.1 Å². The number of sulfonamides is 1. The smallest absolute Gasteiger partial charge is 0.244 e. The zero-order chi connectivity index (χ0) is 26.2. The summed E-state index contributed by atoms with van der Waals surface area (Å²) in [6, 6.07) is 10.2. The van der Waals surface area contributed by atoms with Crippen molar-refractivity contribution in [3.8, 4) is 0 Å². The van der Waals surface area contributed by atoms with Crippen LogP contribution < -0.4 is 9.62 Å². The average molecular weight is 563 g/mol. The fourth-order valence-corrected chi connectivity index (χ4v) is 4.99. The molecule has 2 rings (SSSR count). The van der Waals surface area contributed by atoms with Crippen LogP contribution in [0, 0.1) is 0 Å². The minimum Gasteiger partial charge on any atom is -0.354 e. The Morgan fingerprint density at radius 3 is 2.11 bits per heavy atom. The first-order valence-corrected chi connectivity index (χ1v) is 14.2. The molecule has 0 aliphatic heterocycles. The molecule has 0 aromatic heterocycles. The molecule has 35 heavy (non-hydrogen) atoms. The number of hydrogen-bond donors (Lipinski definition) is 1. The maximum Gasteiger partial charge on any atom is 0.244 e. The van der Waals surface area contributed by atoms with Gasteiger partial charge < -0.3 is 10.2 Å². The highest BCUT2D eigenvalue weighted by Gasteiger charge is 2.32. The van der Waals surface area contributed by atoms with E-state index >= 15 is 0 Å². The summed E-state index contributed by atoms with van der Waals surface area (Å²) in [6.45, 7) is 3.69. The van der Waals surface area contributed by atoms with Crippen molar-refractivity contribution in [1.82, 2.24) is 10.2 Å². The Morgan fingerprint density at radius 2 is 1.60 bits per heavy atom. The van der Waals surface area contributed by atoms with Gasteiger partial charge in [0.15, 0.2) is 0 Å². The van der Waals surface area contributed by atoms with Gasteiger partial charge in [-0.2, -0.15) is 0 Å². The second kappa shape index (κ2) is 13.3. The van der Waals surface area contributed by atoms with Gasteiger partial charge in [-0.15, -0.1) is 0 Å². The van der Waals surface area contributed by atoms with Gasteiger partial charge in [0.05, 0.1) is 11.9 Å². The van der Waals surface area contributed by atoms with Gasteiger partial charge in [-0.05, 0) is 49.2 Å². The Hall–Kier alpha value is -2.00. The summed E-state index contributed by atoms with van der Waals surface area (Å²) in [5, 5.41) is 3.97. The number of hydrogen-bond acceptors (Lipinski definition) is 4. The zero-order valence-corrected chi connectivity index (χ0v) is 23.0. The first-order chi connectivity index (χ1) is 16.5. The molecule has 192 valence electrons. The van der Waals surface area contributed by atoms with Crippen molar-refractivity contribution in [1.29, 1.82) is 0 Å². The maximum atomic E-state index is 13.6. The minimum atomic E-state index is -3.83. The van der Waals surface area contributed by atoms with Crippen LogP contribution in [0.1, 0.15) is 38.7 Å². The van der Waals surface area contributed by atoms with Gasteiger partial charge in [-0.1, -0.05) is 61.1 Å². The highest BCUT2D eigenvalue weighted by molar-refractivity contribution is 7.92. The lowest BCUT2D eigenvalue weighted by Gasteiger charge is -2.33. The third-order valence-corrected chi connectivity index (χ3v) is 7.50. The van der Waals surface area contributed by atoms with E-state index in [0.29, 0.717) is 33.6 Å². The predicted octanol–water partition coefficient (Wildman–Crippen LogP) is 5.14. The predicted molar refractivity (Wildman–Crippen MR) is 143 cm³/mol. The van der Waals surface area contributed by atoms with Crippen molar-refractivity contribution in [2.75, 3.05) is 23.7 Å². The lowest BCUT2D eigenvalue weighted by Crippen LogP contribution is -2.52. The first kappa shape index (κ1) is 29.2. The van der Waals surface area contributed by atoms with Crippen LogP contribution in [-0.4, -0.2) is 50.5 Å². The Kier molecular flexibility index (Phi) is 11.1. The molecule has 0 spiro atoms. The molecule has 0 saturated heterocycles. The van der Waals surface area contributed by atoms with Crippen molar-refractivity contribution >= 4 is 62.3 Å². The van der Waals surface area contributed by atoms with Crippen LogP contribution in [0.25, 0.3) is 0 Å². The van der Waals surface area contributed by atoms with Gasteiger partial charge in [0.2, 0.25) is 21.8 Å². The Bertz CT molecular complexity index is 1110.